The van der Waals surface area contributed by atoms with Gasteiger partial charge in [-0.2, -0.15) is 0 Å². The Balaban J connectivity index is 3.42. The number of aliphatic carboxylic acids is 1. The van der Waals surface area contributed by atoms with Crippen LogP contribution in [0.2, 0.25) is 0 Å². The summed E-state index contributed by atoms with van der Waals surface area (Å²) in [5, 5.41) is 17.4. The van der Waals surface area contributed by atoms with Crippen molar-refractivity contribution < 1.29 is 9.90 Å². The van der Waals surface area contributed by atoms with Crippen molar-refractivity contribution in [3.63, 3.8) is 0 Å². The van der Waals surface area contributed by atoms with Gasteiger partial charge in [0.15, 0.2) is 5.17 Å². The third kappa shape index (κ3) is 8.33. The molecule has 0 aliphatic carbocycles. The molecule has 4 N–H and O–H groups in total. The topological polar surface area (TPSA) is 103 Å². The highest BCUT2D eigenvalue weighted by molar-refractivity contribution is 8.26. The number of carbonyl (C=O) groups is 1. The Morgan fingerprint density at radius 2 is 1.79 bits per heavy atom. The molecule has 0 fully saturated rings. The van der Waals surface area contributed by atoms with Crippen molar-refractivity contribution in [3.05, 3.63) is 23.8 Å². The first-order chi connectivity index (χ1) is 13.0. The number of nitrogens with two attached hydrogens (primary N) is 1. The number of nitrogens with zero attached hydrogens (tertiary/aromatic N) is 2. The molecule has 0 saturated carbocycles. The van der Waals surface area contributed by atoms with E-state index in [4.69, 9.17) is 16.2 Å². The number of carboxylic acids is 1. The highest BCUT2D eigenvalue weighted by atomic mass is 32.2. The molecule has 0 aliphatic heterocycles. The maximum Gasteiger partial charge on any atom is 0.303 e. The molecule has 1 atom stereocenters. The van der Waals surface area contributed by atoms with Crippen molar-refractivity contribution in [1.82, 2.24) is 0 Å². The molecule has 1 aromatic carbocycles. The van der Waals surface area contributed by atoms with Gasteiger partial charge in [0.2, 0.25) is 0 Å². The molecule has 0 bridgehead atoms. The van der Waals surface area contributed by atoms with Crippen LogP contribution in [0.5, 0.6) is 0 Å². The molecule has 0 aromatic heterocycles. The van der Waals surface area contributed by atoms with Crippen LogP contribution in [-0.4, -0.2) is 34.4 Å². The lowest BCUT2D eigenvalue weighted by Crippen LogP contribution is -2.31. The summed E-state index contributed by atoms with van der Waals surface area (Å²) in [6, 6.07) is 5.94. The van der Waals surface area contributed by atoms with Crippen molar-refractivity contribution in [3.8, 4) is 0 Å². The maximum absolute atomic E-state index is 11.1. The van der Waals surface area contributed by atoms with Gasteiger partial charge in [-0.05, 0) is 54.1 Å². The van der Waals surface area contributed by atoms with E-state index >= 15 is 0 Å². The van der Waals surface area contributed by atoms with Crippen LogP contribution in [0.1, 0.15) is 59.4 Å². The van der Waals surface area contributed by atoms with Crippen LogP contribution in [0.15, 0.2) is 23.2 Å². The zero-order valence-corrected chi connectivity index (χ0v) is 18.6. The molecule has 0 aliphatic rings. The molecule has 1 unspecified atom stereocenters. The fraction of sp³-hybridized carbons (Fsp3) is 0.571. The lowest BCUT2D eigenvalue weighted by atomic mass is 9.96. The normalized spacial score (nSPS) is 13.1. The summed E-state index contributed by atoms with van der Waals surface area (Å²) >= 11 is 1.12. The Bertz CT molecular complexity index is 706. The van der Waals surface area contributed by atoms with Gasteiger partial charge in [0.05, 0.1) is 22.8 Å². The highest BCUT2D eigenvalue weighted by Crippen LogP contribution is 2.34. The summed E-state index contributed by atoms with van der Waals surface area (Å²) in [6.45, 7) is 14.1. The van der Waals surface area contributed by atoms with Gasteiger partial charge in [0.1, 0.15) is 0 Å². The van der Waals surface area contributed by atoms with E-state index < -0.39 is 5.97 Å². The molecule has 0 spiro atoms. The summed E-state index contributed by atoms with van der Waals surface area (Å²) in [5.74, 6) is 0.0216. The second-order valence-electron chi connectivity index (χ2n) is 8.05. The van der Waals surface area contributed by atoms with Gasteiger partial charge in [0.25, 0.3) is 0 Å². The Morgan fingerprint density at radius 1 is 1.21 bits per heavy atom. The van der Waals surface area contributed by atoms with E-state index in [1.54, 1.807) is 6.92 Å². The van der Waals surface area contributed by atoms with Gasteiger partial charge < -0.3 is 15.7 Å². The lowest BCUT2D eigenvalue weighted by Gasteiger charge is -2.30. The zero-order valence-electron chi connectivity index (χ0n) is 17.8. The molecule has 156 valence electrons. The van der Waals surface area contributed by atoms with Crippen molar-refractivity contribution in [2.75, 3.05) is 18.0 Å². The Morgan fingerprint density at radius 3 is 2.25 bits per heavy atom. The van der Waals surface area contributed by atoms with E-state index in [2.05, 4.69) is 37.6 Å². The first-order valence-corrected chi connectivity index (χ1v) is 10.5. The predicted molar refractivity (Wildman–Crippen MR) is 121 cm³/mol. The summed E-state index contributed by atoms with van der Waals surface area (Å²) < 4.78 is 0. The molecular formula is C21H34N4O2S. The zero-order chi connectivity index (χ0) is 21.4. The minimum absolute atomic E-state index is 0.0635. The number of carboxylic acid groups (broad SMARTS) is 1. The van der Waals surface area contributed by atoms with Crippen molar-refractivity contribution >= 4 is 39.3 Å². The number of amidine groups is 1. The quantitative estimate of drug-likeness (QED) is 0.393. The standard InChI is InChI=1S/C21H34N4O2S/c1-13(2)11-25(12-14(3)4)19-8-7-17(15(5)9-20(26)27)10-18(19)24-21(23)28-16(6)22/h7-8,10,13-15,22H,9,11-12H2,1-6H3,(H2,23,24)(H,26,27). The number of aliphatic imine (C=N–C) groups is 1. The van der Waals surface area contributed by atoms with Crippen LogP contribution in [0.25, 0.3) is 0 Å². The van der Waals surface area contributed by atoms with Crippen LogP contribution >= 0.6 is 11.8 Å². The van der Waals surface area contributed by atoms with Crippen LogP contribution in [0, 0.1) is 17.2 Å². The number of benzene rings is 1. The van der Waals surface area contributed by atoms with E-state index in [0.29, 0.717) is 22.0 Å². The van der Waals surface area contributed by atoms with Gasteiger partial charge in [-0.15, -0.1) is 0 Å². The van der Waals surface area contributed by atoms with Crippen LogP contribution in [0.3, 0.4) is 0 Å². The second kappa shape index (κ2) is 11.1. The fourth-order valence-corrected chi connectivity index (χ4v) is 3.49. The largest absolute Gasteiger partial charge is 0.481 e. The van der Waals surface area contributed by atoms with Crippen molar-refractivity contribution in [2.24, 2.45) is 22.6 Å². The minimum Gasteiger partial charge on any atom is -0.481 e. The molecule has 0 amide bonds. The highest BCUT2D eigenvalue weighted by Gasteiger charge is 2.18. The first-order valence-electron chi connectivity index (χ1n) is 9.67. The summed E-state index contributed by atoms with van der Waals surface area (Å²) in [4.78, 5) is 18.0. The molecule has 7 heteroatoms. The number of hydrogen-bond donors (Lipinski definition) is 3. The lowest BCUT2D eigenvalue weighted by molar-refractivity contribution is -0.137. The van der Waals surface area contributed by atoms with Crippen molar-refractivity contribution in [2.45, 2.75) is 53.9 Å². The average Bonchev–Trinajstić information content (AvgIpc) is 2.51. The number of thioether (sulfide) groups is 1. The van der Waals surface area contributed by atoms with Crippen LogP contribution in [-0.2, 0) is 4.79 Å². The SMILES string of the molecule is CC(=N)SC(N)=Nc1cc(C(C)CC(=O)O)ccc1N(CC(C)C)CC(C)C. The Kier molecular flexibility index (Phi) is 9.52. The number of nitrogens with one attached hydrogen (secondary N) is 1. The molecule has 0 heterocycles. The van der Waals surface area contributed by atoms with E-state index in [0.717, 1.165) is 41.8 Å². The summed E-state index contributed by atoms with van der Waals surface area (Å²) in [6.07, 6.45) is 0.0635. The van der Waals surface area contributed by atoms with E-state index in [9.17, 15) is 4.79 Å². The maximum atomic E-state index is 11.1. The fourth-order valence-electron chi connectivity index (χ4n) is 3.03. The summed E-state index contributed by atoms with van der Waals surface area (Å²) in [5.41, 5.74) is 8.67. The Labute approximate surface area is 173 Å². The molecule has 0 saturated heterocycles. The molecule has 1 aromatic rings. The van der Waals surface area contributed by atoms with Crippen LogP contribution < -0.4 is 10.6 Å². The Hall–Kier alpha value is -2.02. The molecular weight excluding hydrogens is 372 g/mol. The van der Waals surface area contributed by atoms with Gasteiger partial charge in [-0.25, -0.2) is 4.99 Å². The number of anilines is 1. The third-order valence-corrected chi connectivity index (χ3v) is 4.66. The molecule has 1 rings (SSSR count). The van der Waals surface area contributed by atoms with Crippen LogP contribution in [0.4, 0.5) is 11.4 Å². The first kappa shape index (κ1) is 24.0. The van der Waals surface area contributed by atoms with Crippen molar-refractivity contribution in [1.29, 1.82) is 5.41 Å². The third-order valence-electron chi connectivity index (χ3n) is 4.05. The van der Waals surface area contributed by atoms with Gasteiger partial charge in [-0.1, -0.05) is 40.7 Å². The second-order valence-corrected chi connectivity index (χ2v) is 9.28. The van der Waals surface area contributed by atoms with Gasteiger partial charge >= 0.3 is 5.97 Å². The molecule has 28 heavy (non-hydrogen) atoms. The molecule has 6 nitrogen and oxygen atoms in total. The molecule has 0 radical (unpaired) electrons. The predicted octanol–water partition coefficient (Wildman–Crippen LogP) is 5.06. The van der Waals surface area contributed by atoms with Gasteiger partial charge in [0, 0.05) is 13.1 Å². The minimum atomic E-state index is -0.822. The monoisotopic (exact) mass is 406 g/mol. The average molecular weight is 407 g/mol. The smallest absolute Gasteiger partial charge is 0.303 e. The number of hydrogen-bond acceptors (Lipinski definition) is 5. The van der Waals surface area contributed by atoms with E-state index in [1.165, 1.54) is 0 Å². The summed E-state index contributed by atoms with van der Waals surface area (Å²) in [7, 11) is 0. The van der Waals surface area contributed by atoms with E-state index in [1.807, 2.05) is 25.1 Å². The van der Waals surface area contributed by atoms with E-state index in [-0.39, 0.29) is 12.3 Å². The van der Waals surface area contributed by atoms with Gasteiger partial charge in [-0.3, -0.25) is 10.2 Å². The number of rotatable bonds is 9.